The summed E-state index contributed by atoms with van der Waals surface area (Å²) < 4.78 is 6.62. The van der Waals surface area contributed by atoms with Crippen LogP contribution < -0.4 is 5.73 Å². The Morgan fingerprint density at radius 2 is 2.31 bits per heavy atom. The summed E-state index contributed by atoms with van der Waals surface area (Å²) in [6.07, 6.45) is 4.66. The molecule has 5 heteroatoms. The van der Waals surface area contributed by atoms with Gasteiger partial charge in [0.15, 0.2) is 0 Å². The summed E-state index contributed by atoms with van der Waals surface area (Å²) >= 11 is 0. The number of unbranched alkanes of at least 4 members (excludes halogenated alkanes) is 2. The highest BCUT2D eigenvalue weighted by molar-refractivity contribution is 5.87. The third kappa shape index (κ3) is 3.66. The van der Waals surface area contributed by atoms with Crippen LogP contribution in [0.5, 0.6) is 0 Å². The lowest BCUT2D eigenvalue weighted by molar-refractivity contribution is 0.0511. The number of carbonyl (C=O) groups excluding carboxylic acids is 1. The lowest BCUT2D eigenvalue weighted by Gasteiger charge is -2.06. The molecule has 0 radical (unpaired) electrons. The van der Waals surface area contributed by atoms with Gasteiger partial charge in [-0.15, -0.1) is 0 Å². The molecule has 0 aromatic carbocycles. The van der Waals surface area contributed by atoms with Crippen molar-refractivity contribution in [2.45, 2.75) is 32.7 Å². The van der Waals surface area contributed by atoms with Gasteiger partial charge < -0.3 is 10.5 Å². The zero-order valence-electron chi connectivity index (χ0n) is 9.69. The minimum atomic E-state index is -0.307. The molecule has 90 valence electrons. The van der Waals surface area contributed by atoms with E-state index in [2.05, 4.69) is 5.10 Å². The molecule has 0 aliphatic heterocycles. The number of aromatic nitrogens is 2. The van der Waals surface area contributed by atoms with Crippen LogP contribution in [0.15, 0.2) is 12.3 Å². The molecule has 0 bridgehead atoms. The highest BCUT2D eigenvalue weighted by Crippen LogP contribution is 2.04. The molecule has 0 saturated heterocycles. The van der Waals surface area contributed by atoms with Crippen LogP contribution in [0.3, 0.4) is 0 Å². The molecule has 0 aliphatic carbocycles. The average molecular weight is 225 g/mol. The van der Waals surface area contributed by atoms with Crippen molar-refractivity contribution < 1.29 is 9.53 Å². The molecule has 0 saturated carbocycles. The van der Waals surface area contributed by atoms with Crippen molar-refractivity contribution in [1.82, 2.24) is 9.78 Å². The average Bonchev–Trinajstić information content (AvgIpc) is 2.73. The predicted molar refractivity (Wildman–Crippen MR) is 61.1 cm³/mol. The first-order valence-corrected chi connectivity index (χ1v) is 5.68. The van der Waals surface area contributed by atoms with Gasteiger partial charge in [-0.25, -0.2) is 4.79 Å². The van der Waals surface area contributed by atoms with E-state index in [1.165, 1.54) is 0 Å². The molecular weight excluding hydrogens is 206 g/mol. The normalized spacial score (nSPS) is 10.4. The van der Waals surface area contributed by atoms with Crippen LogP contribution in [0.25, 0.3) is 0 Å². The Labute approximate surface area is 95.6 Å². The first-order chi connectivity index (χ1) is 7.79. The van der Waals surface area contributed by atoms with E-state index in [0.717, 1.165) is 25.8 Å². The molecule has 0 spiro atoms. The Morgan fingerprint density at radius 1 is 1.50 bits per heavy atom. The van der Waals surface area contributed by atoms with Crippen molar-refractivity contribution in [3.8, 4) is 0 Å². The predicted octanol–water partition coefficient (Wildman–Crippen LogP) is 1.19. The Morgan fingerprint density at radius 3 is 3.00 bits per heavy atom. The van der Waals surface area contributed by atoms with Crippen molar-refractivity contribution >= 4 is 5.97 Å². The zero-order valence-corrected chi connectivity index (χ0v) is 9.69. The molecule has 0 aliphatic rings. The lowest BCUT2D eigenvalue weighted by atomic mass is 10.2. The molecule has 0 amide bonds. The smallest absolute Gasteiger partial charge is 0.356 e. The first-order valence-electron chi connectivity index (χ1n) is 5.68. The van der Waals surface area contributed by atoms with Gasteiger partial charge in [0.05, 0.1) is 6.61 Å². The quantitative estimate of drug-likeness (QED) is 0.559. The molecule has 1 aromatic heterocycles. The molecule has 1 aromatic rings. The minimum Gasteiger partial charge on any atom is -0.461 e. The third-order valence-corrected chi connectivity index (χ3v) is 2.28. The number of nitrogens with two attached hydrogens (primary N) is 1. The second-order valence-corrected chi connectivity index (χ2v) is 3.51. The van der Waals surface area contributed by atoms with Crippen molar-refractivity contribution in [2.75, 3.05) is 13.2 Å². The maximum absolute atomic E-state index is 11.5. The van der Waals surface area contributed by atoms with E-state index in [4.69, 9.17) is 10.5 Å². The highest BCUT2D eigenvalue weighted by Gasteiger charge is 2.12. The summed E-state index contributed by atoms with van der Waals surface area (Å²) in [7, 11) is 0. The number of carbonyl (C=O) groups is 1. The Balaban J connectivity index is 2.47. The summed E-state index contributed by atoms with van der Waals surface area (Å²) in [4.78, 5) is 11.5. The van der Waals surface area contributed by atoms with Gasteiger partial charge >= 0.3 is 5.97 Å². The van der Waals surface area contributed by atoms with E-state index in [-0.39, 0.29) is 5.97 Å². The largest absolute Gasteiger partial charge is 0.461 e. The van der Waals surface area contributed by atoms with E-state index in [0.29, 0.717) is 18.8 Å². The number of nitrogens with zero attached hydrogens (tertiary/aromatic N) is 2. The zero-order chi connectivity index (χ0) is 11.8. The van der Waals surface area contributed by atoms with Gasteiger partial charge in [-0.1, -0.05) is 6.42 Å². The van der Waals surface area contributed by atoms with Crippen LogP contribution in [0, 0.1) is 0 Å². The minimum absolute atomic E-state index is 0.307. The molecule has 16 heavy (non-hydrogen) atoms. The van der Waals surface area contributed by atoms with Crippen LogP contribution in [0.4, 0.5) is 0 Å². The van der Waals surface area contributed by atoms with E-state index < -0.39 is 0 Å². The van der Waals surface area contributed by atoms with Crippen LogP contribution in [-0.2, 0) is 11.3 Å². The maximum Gasteiger partial charge on any atom is 0.356 e. The van der Waals surface area contributed by atoms with Crippen LogP contribution >= 0.6 is 0 Å². The third-order valence-electron chi connectivity index (χ3n) is 2.28. The van der Waals surface area contributed by atoms with Gasteiger partial charge in [0, 0.05) is 12.7 Å². The van der Waals surface area contributed by atoms with Gasteiger partial charge in [0.2, 0.25) is 0 Å². The van der Waals surface area contributed by atoms with E-state index in [1.54, 1.807) is 23.9 Å². The second kappa shape index (κ2) is 7.00. The van der Waals surface area contributed by atoms with Crippen LogP contribution in [-0.4, -0.2) is 28.9 Å². The number of esters is 1. The van der Waals surface area contributed by atoms with Crippen molar-refractivity contribution in [2.24, 2.45) is 5.73 Å². The van der Waals surface area contributed by atoms with E-state index in [1.807, 2.05) is 0 Å². The second-order valence-electron chi connectivity index (χ2n) is 3.51. The number of hydrogen-bond donors (Lipinski definition) is 1. The fraction of sp³-hybridized carbons (Fsp3) is 0.636. The monoisotopic (exact) mass is 225 g/mol. The molecular formula is C11H19N3O2. The number of hydrogen-bond acceptors (Lipinski definition) is 4. The molecule has 0 atom stereocenters. The molecule has 2 N–H and O–H groups in total. The van der Waals surface area contributed by atoms with Crippen LogP contribution in [0.1, 0.15) is 36.7 Å². The molecule has 0 fully saturated rings. The first kappa shape index (κ1) is 12.7. The number of aryl methyl sites for hydroxylation is 1. The standard InChI is InChI=1S/C11H19N3O2/c1-2-16-11(15)10-6-8-13-14(10)9-5-3-4-7-12/h6,8H,2-5,7,9,12H2,1H3. The summed E-state index contributed by atoms with van der Waals surface area (Å²) in [5.74, 6) is -0.307. The van der Waals surface area contributed by atoms with Gasteiger partial charge in [-0.05, 0) is 32.4 Å². The summed E-state index contributed by atoms with van der Waals surface area (Å²) in [6.45, 7) is 3.63. The molecule has 0 unspecified atom stereocenters. The SMILES string of the molecule is CCOC(=O)c1ccnn1CCCCCN. The topological polar surface area (TPSA) is 70.1 Å². The van der Waals surface area contributed by atoms with Crippen molar-refractivity contribution in [1.29, 1.82) is 0 Å². The van der Waals surface area contributed by atoms with E-state index >= 15 is 0 Å². The van der Waals surface area contributed by atoms with Crippen molar-refractivity contribution in [3.63, 3.8) is 0 Å². The van der Waals surface area contributed by atoms with Gasteiger partial charge in [0.25, 0.3) is 0 Å². The Bertz CT molecular complexity index is 323. The summed E-state index contributed by atoms with van der Waals surface area (Å²) in [5, 5.41) is 4.10. The molecule has 5 nitrogen and oxygen atoms in total. The molecule has 1 heterocycles. The van der Waals surface area contributed by atoms with Crippen molar-refractivity contribution in [3.05, 3.63) is 18.0 Å². The fourth-order valence-electron chi connectivity index (χ4n) is 1.47. The van der Waals surface area contributed by atoms with E-state index in [9.17, 15) is 4.79 Å². The highest BCUT2D eigenvalue weighted by atomic mass is 16.5. The number of ether oxygens (including phenoxy) is 1. The van der Waals surface area contributed by atoms with Gasteiger partial charge in [-0.3, -0.25) is 4.68 Å². The summed E-state index contributed by atoms with van der Waals surface area (Å²) in [6, 6.07) is 1.68. The summed E-state index contributed by atoms with van der Waals surface area (Å²) in [5.41, 5.74) is 5.93. The Kier molecular flexibility index (Phi) is 5.56. The van der Waals surface area contributed by atoms with Gasteiger partial charge in [-0.2, -0.15) is 5.10 Å². The number of rotatable bonds is 7. The van der Waals surface area contributed by atoms with Gasteiger partial charge in [0.1, 0.15) is 5.69 Å². The Hall–Kier alpha value is -1.36. The maximum atomic E-state index is 11.5. The fourth-order valence-corrected chi connectivity index (χ4v) is 1.47. The molecule has 1 rings (SSSR count). The van der Waals surface area contributed by atoms with Crippen LogP contribution in [0.2, 0.25) is 0 Å². The lowest BCUT2D eigenvalue weighted by Crippen LogP contribution is -2.13.